The highest BCUT2D eigenvalue weighted by atomic mass is 35.5. The van der Waals surface area contributed by atoms with Crippen LogP contribution in [-0.4, -0.2) is 28.0 Å². The largest absolute Gasteiger partial charge is 0.481 e. The molecule has 6 heteroatoms. The predicted octanol–water partition coefficient (Wildman–Crippen LogP) is 1.96. The average molecular weight is 271 g/mol. The second kappa shape index (κ2) is 6.35. The van der Waals surface area contributed by atoms with E-state index in [-0.39, 0.29) is 17.9 Å². The van der Waals surface area contributed by atoms with Gasteiger partial charge in [-0.3, -0.25) is 14.6 Å². The Labute approximate surface area is 110 Å². The summed E-state index contributed by atoms with van der Waals surface area (Å²) < 4.78 is 0. The van der Waals surface area contributed by atoms with Gasteiger partial charge in [0.25, 0.3) is 5.91 Å². The van der Waals surface area contributed by atoms with Gasteiger partial charge in [0, 0.05) is 18.4 Å². The van der Waals surface area contributed by atoms with E-state index < -0.39 is 17.9 Å². The van der Waals surface area contributed by atoms with Crippen molar-refractivity contribution >= 4 is 23.5 Å². The van der Waals surface area contributed by atoms with Crippen LogP contribution in [0, 0.1) is 5.92 Å². The molecule has 0 spiro atoms. The number of halogens is 1. The quantitative estimate of drug-likeness (QED) is 0.857. The molecule has 5 nitrogen and oxygen atoms in total. The third kappa shape index (κ3) is 4.00. The number of carboxylic acids is 1. The highest BCUT2D eigenvalue weighted by molar-refractivity contribution is 6.33. The molecule has 98 valence electrons. The minimum absolute atomic E-state index is 0.0143. The first-order chi connectivity index (χ1) is 8.41. The van der Waals surface area contributed by atoms with Crippen LogP contribution in [0.25, 0.3) is 0 Å². The lowest BCUT2D eigenvalue weighted by Crippen LogP contribution is -2.40. The van der Waals surface area contributed by atoms with Crippen LogP contribution in [0.5, 0.6) is 0 Å². The van der Waals surface area contributed by atoms with E-state index in [2.05, 4.69) is 10.3 Å². The van der Waals surface area contributed by atoms with Gasteiger partial charge in [0.05, 0.1) is 17.0 Å². The summed E-state index contributed by atoms with van der Waals surface area (Å²) in [6, 6.07) is 1.07. The Hall–Kier alpha value is -1.62. The lowest BCUT2D eigenvalue weighted by atomic mass is 10.0. The number of hydrogen-bond donors (Lipinski definition) is 2. The number of nitrogens with one attached hydrogen (secondary N) is 1. The maximum absolute atomic E-state index is 11.9. The normalized spacial score (nSPS) is 12.2. The zero-order chi connectivity index (χ0) is 13.7. The smallest absolute Gasteiger partial charge is 0.305 e. The molecule has 0 saturated heterocycles. The summed E-state index contributed by atoms with van der Waals surface area (Å²) >= 11 is 5.87. The zero-order valence-electron chi connectivity index (χ0n) is 10.2. The molecule has 1 aromatic rings. The van der Waals surface area contributed by atoms with E-state index >= 15 is 0 Å². The molecule has 1 atom stereocenters. The SMILES string of the molecule is CC(C)C(CC(=O)O)NC(=O)c1cnccc1Cl. The number of aromatic nitrogens is 1. The number of carboxylic acid groups (broad SMARTS) is 1. The van der Waals surface area contributed by atoms with Crippen LogP contribution >= 0.6 is 11.6 Å². The van der Waals surface area contributed by atoms with Crippen LogP contribution in [-0.2, 0) is 4.79 Å². The Morgan fingerprint density at radius 3 is 2.67 bits per heavy atom. The maximum atomic E-state index is 11.9. The second-order valence-corrected chi connectivity index (χ2v) is 4.68. The first-order valence-electron chi connectivity index (χ1n) is 5.54. The molecule has 0 fully saturated rings. The van der Waals surface area contributed by atoms with Gasteiger partial charge >= 0.3 is 5.97 Å². The number of aliphatic carboxylic acids is 1. The Morgan fingerprint density at radius 2 is 2.17 bits per heavy atom. The summed E-state index contributed by atoms with van der Waals surface area (Å²) in [5.41, 5.74) is 0.246. The van der Waals surface area contributed by atoms with Crippen LogP contribution in [0.3, 0.4) is 0 Å². The van der Waals surface area contributed by atoms with E-state index in [0.29, 0.717) is 5.02 Å². The van der Waals surface area contributed by atoms with Crippen molar-refractivity contribution in [1.29, 1.82) is 0 Å². The number of nitrogens with zero attached hydrogens (tertiary/aromatic N) is 1. The Balaban J connectivity index is 2.79. The first-order valence-corrected chi connectivity index (χ1v) is 5.91. The third-order valence-corrected chi connectivity index (χ3v) is 2.86. The van der Waals surface area contributed by atoms with Gasteiger partial charge in [-0.15, -0.1) is 0 Å². The van der Waals surface area contributed by atoms with Gasteiger partial charge in [-0.2, -0.15) is 0 Å². The Kier molecular flexibility index (Phi) is 5.09. The number of amides is 1. The van der Waals surface area contributed by atoms with E-state index in [4.69, 9.17) is 16.7 Å². The zero-order valence-corrected chi connectivity index (χ0v) is 10.9. The summed E-state index contributed by atoms with van der Waals surface area (Å²) in [6.07, 6.45) is 2.72. The number of carbonyl (C=O) groups excluding carboxylic acids is 1. The molecule has 0 radical (unpaired) electrons. The molecule has 1 rings (SSSR count). The Bertz CT molecular complexity index is 449. The fourth-order valence-corrected chi connectivity index (χ4v) is 1.62. The van der Waals surface area contributed by atoms with Crippen LogP contribution < -0.4 is 5.32 Å². The van der Waals surface area contributed by atoms with Gasteiger partial charge in [0.1, 0.15) is 0 Å². The molecule has 0 saturated carbocycles. The lowest BCUT2D eigenvalue weighted by molar-refractivity contribution is -0.137. The fraction of sp³-hybridized carbons (Fsp3) is 0.417. The molecule has 1 aromatic heterocycles. The molecule has 18 heavy (non-hydrogen) atoms. The van der Waals surface area contributed by atoms with Gasteiger partial charge in [0.2, 0.25) is 0 Å². The molecule has 0 aromatic carbocycles. The van der Waals surface area contributed by atoms with Gasteiger partial charge < -0.3 is 10.4 Å². The van der Waals surface area contributed by atoms with E-state index in [9.17, 15) is 9.59 Å². The summed E-state index contributed by atoms with van der Waals surface area (Å²) in [7, 11) is 0. The maximum Gasteiger partial charge on any atom is 0.305 e. The van der Waals surface area contributed by atoms with Crippen molar-refractivity contribution in [1.82, 2.24) is 10.3 Å². The molecule has 2 N–H and O–H groups in total. The van der Waals surface area contributed by atoms with Crippen molar-refractivity contribution in [3.05, 3.63) is 29.0 Å². The number of rotatable bonds is 5. The predicted molar refractivity (Wildman–Crippen MR) is 67.6 cm³/mol. The molecule has 0 aliphatic carbocycles. The van der Waals surface area contributed by atoms with E-state index in [1.54, 1.807) is 0 Å². The number of hydrogen-bond acceptors (Lipinski definition) is 3. The fourth-order valence-electron chi connectivity index (χ4n) is 1.43. The van der Waals surface area contributed by atoms with Crippen molar-refractivity contribution in [2.75, 3.05) is 0 Å². The molecular weight excluding hydrogens is 256 g/mol. The molecule has 0 aliphatic heterocycles. The minimum atomic E-state index is -0.953. The molecule has 1 amide bonds. The first kappa shape index (κ1) is 14.4. The summed E-state index contributed by atoms with van der Waals surface area (Å²) in [6.45, 7) is 3.69. The van der Waals surface area contributed by atoms with Crippen LogP contribution in [0.4, 0.5) is 0 Å². The van der Waals surface area contributed by atoms with E-state index in [0.717, 1.165) is 0 Å². The van der Waals surface area contributed by atoms with Crippen molar-refractivity contribution < 1.29 is 14.7 Å². The highest BCUT2D eigenvalue weighted by Gasteiger charge is 2.21. The standard InChI is InChI=1S/C12H15ClN2O3/c1-7(2)10(5-11(16)17)15-12(18)8-6-14-4-3-9(8)13/h3-4,6-7,10H,5H2,1-2H3,(H,15,18)(H,16,17). The number of carbonyl (C=O) groups is 2. The second-order valence-electron chi connectivity index (χ2n) is 4.28. The van der Waals surface area contributed by atoms with Crippen LogP contribution in [0.1, 0.15) is 30.6 Å². The van der Waals surface area contributed by atoms with Crippen LogP contribution in [0.2, 0.25) is 5.02 Å². The van der Waals surface area contributed by atoms with Crippen LogP contribution in [0.15, 0.2) is 18.5 Å². The van der Waals surface area contributed by atoms with E-state index in [1.165, 1.54) is 18.5 Å². The van der Waals surface area contributed by atoms with Crippen molar-refractivity contribution in [3.63, 3.8) is 0 Å². The van der Waals surface area contributed by atoms with Gasteiger partial charge in [0.15, 0.2) is 0 Å². The number of pyridine rings is 1. The minimum Gasteiger partial charge on any atom is -0.481 e. The Morgan fingerprint density at radius 1 is 1.50 bits per heavy atom. The molecule has 1 unspecified atom stereocenters. The summed E-state index contributed by atoms with van der Waals surface area (Å²) in [4.78, 5) is 26.5. The van der Waals surface area contributed by atoms with Crippen molar-refractivity contribution in [2.24, 2.45) is 5.92 Å². The molecular formula is C12H15ClN2O3. The van der Waals surface area contributed by atoms with Gasteiger partial charge in [-0.05, 0) is 12.0 Å². The van der Waals surface area contributed by atoms with Crippen molar-refractivity contribution in [2.45, 2.75) is 26.3 Å². The third-order valence-electron chi connectivity index (χ3n) is 2.53. The monoisotopic (exact) mass is 270 g/mol. The van der Waals surface area contributed by atoms with Gasteiger partial charge in [-0.1, -0.05) is 25.4 Å². The molecule has 0 bridgehead atoms. The van der Waals surface area contributed by atoms with E-state index in [1.807, 2.05) is 13.8 Å². The van der Waals surface area contributed by atoms with Crippen molar-refractivity contribution in [3.8, 4) is 0 Å². The van der Waals surface area contributed by atoms with Gasteiger partial charge in [-0.25, -0.2) is 0 Å². The molecule has 0 aliphatic rings. The highest BCUT2D eigenvalue weighted by Crippen LogP contribution is 2.14. The summed E-state index contributed by atoms with van der Waals surface area (Å²) in [5, 5.41) is 11.7. The topological polar surface area (TPSA) is 79.3 Å². The average Bonchev–Trinajstić information content (AvgIpc) is 2.27. The lowest BCUT2D eigenvalue weighted by Gasteiger charge is -2.20. The summed E-state index contributed by atoms with van der Waals surface area (Å²) in [5.74, 6) is -1.35. The molecule has 1 heterocycles.